The molecule has 1 aromatic rings. The number of aliphatic hydroxyl groups excluding tert-OH is 2. The van der Waals surface area contributed by atoms with Crippen LogP contribution in [0.3, 0.4) is 0 Å². The van der Waals surface area contributed by atoms with Crippen LogP contribution >= 0.6 is 0 Å². The Bertz CT molecular complexity index is 624. The van der Waals surface area contributed by atoms with E-state index in [0.29, 0.717) is 0 Å². The predicted octanol–water partition coefficient (Wildman–Crippen LogP) is 0.701. The first kappa shape index (κ1) is 17.0. The highest BCUT2D eigenvalue weighted by Crippen LogP contribution is 2.27. The minimum absolute atomic E-state index is 0.0449. The number of alkyl halides is 3. The van der Waals surface area contributed by atoms with Gasteiger partial charge in [0.05, 0.1) is 17.1 Å². The van der Waals surface area contributed by atoms with Gasteiger partial charge < -0.3 is 14.9 Å². The van der Waals surface area contributed by atoms with Crippen molar-refractivity contribution < 1.29 is 36.5 Å². The molecule has 124 valence electrons. The van der Waals surface area contributed by atoms with Gasteiger partial charge in [-0.05, 0) is 12.1 Å². The zero-order valence-electron chi connectivity index (χ0n) is 11.2. The normalized spacial score (nSPS) is 24.2. The molecule has 1 aliphatic heterocycles. The number of hydrogen-bond acceptors (Lipinski definition) is 5. The quantitative estimate of drug-likeness (QED) is 0.845. The van der Waals surface area contributed by atoms with Crippen molar-refractivity contribution in [2.45, 2.75) is 29.9 Å². The molecule has 0 amide bonds. The molecule has 1 fully saturated rings. The van der Waals surface area contributed by atoms with E-state index in [1.54, 1.807) is 0 Å². The van der Waals surface area contributed by atoms with Crippen LogP contribution in [0.15, 0.2) is 29.2 Å². The van der Waals surface area contributed by atoms with Crippen LogP contribution in [0.25, 0.3) is 0 Å². The second-order valence-electron chi connectivity index (χ2n) is 4.89. The van der Waals surface area contributed by atoms with Crippen LogP contribution < -0.4 is 4.74 Å². The molecule has 0 aliphatic carbocycles. The third-order valence-electron chi connectivity index (χ3n) is 3.05. The molecule has 1 aromatic carbocycles. The predicted molar refractivity (Wildman–Crippen MR) is 68.5 cm³/mol. The second kappa shape index (κ2) is 6.03. The number of nitrogens with zero attached hydrogens (tertiary/aromatic N) is 1. The van der Waals surface area contributed by atoms with Crippen LogP contribution in [0, 0.1) is 0 Å². The summed E-state index contributed by atoms with van der Waals surface area (Å²) in [6.45, 7) is -0.465. The maximum absolute atomic E-state index is 12.4. The number of β-amino-alcohol motifs (C(OH)–C–C–N with tert-alkyl or cyclic N) is 2. The SMILES string of the molecule is O=S(=O)(c1cccc(OC(F)(F)F)c1)N1C[C@H](O)C[C@@H](O)C1. The molecule has 0 radical (unpaired) electrons. The lowest BCUT2D eigenvalue weighted by atomic mass is 10.1. The lowest BCUT2D eigenvalue weighted by Crippen LogP contribution is -2.48. The van der Waals surface area contributed by atoms with Crippen molar-refractivity contribution in [3.8, 4) is 5.75 Å². The lowest BCUT2D eigenvalue weighted by molar-refractivity contribution is -0.274. The van der Waals surface area contributed by atoms with Gasteiger partial charge >= 0.3 is 6.36 Å². The first-order valence-corrected chi connectivity index (χ1v) is 7.74. The summed E-state index contributed by atoms with van der Waals surface area (Å²) in [5.41, 5.74) is 0. The maximum Gasteiger partial charge on any atom is 0.573 e. The Morgan fingerprint density at radius 1 is 1.18 bits per heavy atom. The summed E-state index contributed by atoms with van der Waals surface area (Å²) in [6, 6.07) is 3.96. The van der Waals surface area contributed by atoms with Crippen molar-refractivity contribution in [3.63, 3.8) is 0 Å². The molecule has 2 rings (SSSR count). The number of aliphatic hydroxyl groups is 2. The molecule has 22 heavy (non-hydrogen) atoms. The van der Waals surface area contributed by atoms with Crippen LogP contribution in [-0.2, 0) is 10.0 Å². The number of hydrogen-bond donors (Lipinski definition) is 2. The van der Waals surface area contributed by atoms with E-state index in [0.717, 1.165) is 28.6 Å². The Labute approximate surface area is 124 Å². The number of rotatable bonds is 3. The summed E-state index contributed by atoms with van der Waals surface area (Å²) in [5, 5.41) is 19.1. The van der Waals surface area contributed by atoms with Crippen LogP contribution in [0.2, 0.25) is 0 Å². The van der Waals surface area contributed by atoms with Crippen LogP contribution in [0.1, 0.15) is 6.42 Å². The van der Waals surface area contributed by atoms with E-state index in [2.05, 4.69) is 4.74 Å². The largest absolute Gasteiger partial charge is 0.573 e. The van der Waals surface area contributed by atoms with Gasteiger partial charge in [0.1, 0.15) is 5.75 Å². The fraction of sp³-hybridized carbons (Fsp3) is 0.500. The Hall–Kier alpha value is -1.36. The first-order valence-electron chi connectivity index (χ1n) is 6.30. The molecule has 1 heterocycles. The maximum atomic E-state index is 12.4. The van der Waals surface area contributed by atoms with Crippen molar-refractivity contribution >= 4 is 10.0 Å². The Morgan fingerprint density at radius 2 is 1.77 bits per heavy atom. The second-order valence-corrected chi connectivity index (χ2v) is 6.83. The zero-order valence-corrected chi connectivity index (χ0v) is 12.0. The molecule has 6 nitrogen and oxygen atoms in total. The third kappa shape index (κ3) is 4.09. The summed E-state index contributed by atoms with van der Waals surface area (Å²) in [7, 11) is -4.14. The van der Waals surface area contributed by atoms with Gasteiger partial charge in [0, 0.05) is 25.6 Å². The summed E-state index contributed by atoms with van der Waals surface area (Å²) >= 11 is 0. The number of halogens is 3. The van der Waals surface area contributed by atoms with Gasteiger partial charge in [-0.2, -0.15) is 4.31 Å². The van der Waals surface area contributed by atoms with Crippen LogP contribution in [0.5, 0.6) is 5.75 Å². The molecule has 0 saturated carbocycles. The summed E-state index contributed by atoms with van der Waals surface area (Å²) in [5.74, 6) is -0.660. The van der Waals surface area contributed by atoms with Crippen molar-refractivity contribution in [2.24, 2.45) is 0 Å². The molecule has 0 bridgehead atoms. The molecule has 1 saturated heterocycles. The number of benzene rings is 1. The van der Waals surface area contributed by atoms with Gasteiger partial charge in [0.2, 0.25) is 10.0 Å². The third-order valence-corrected chi connectivity index (χ3v) is 4.88. The highest BCUT2D eigenvalue weighted by molar-refractivity contribution is 7.89. The summed E-state index contributed by atoms with van der Waals surface area (Å²) in [4.78, 5) is -0.407. The minimum Gasteiger partial charge on any atom is -0.406 e. The molecule has 0 unspecified atom stereocenters. The molecule has 2 N–H and O–H groups in total. The zero-order chi connectivity index (χ0) is 16.5. The van der Waals surface area contributed by atoms with E-state index in [9.17, 15) is 31.8 Å². The highest BCUT2D eigenvalue weighted by atomic mass is 32.2. The molecule has 0 spiro atoms. The van der Waals surface area contributed by atoms with Gasteiger partial charge in [-0.15, -0.1) is 13.2 Å². The average molecular weight is 341 g/mol. The highest BCUT2D eigenvalue weighted by Gasteiger charge is 2.35. The van der Waals surface area contributed by atoms with Crippen LogP contribution in [0.4, 0.5) is 13.2 Å². The first-order chi connectivity index (χ1) is 10.1. The average Bonchev–Trinajstić information content (AvgIpc) is 2.35. The molecule has 0 aromatic heterocycles. The van der Waals surface area contributed by atoms with Crippen LogP contribution in [-0.4, -0.2) is 54.6 Å². The molecule has 10 heteroatoms. The molecular weight excluding hydrogens is 327 g/mol. The lowest BCUT2D eigenvalue weighted by Gasteiger charge is -2.32. The Morgan fingerprint density at radius 3 is 2.32 bits per heavy atom. The minimum atomic E-state index is -4.93. The van der Waals surface area contributed by atoms with E-state index in [4.69, 9.17) is 0 Å². The van der Waals surface area contributed by atoms with Gasteiger partial charge in [0.15, 0.2) is 0 Å². The molecule has 1 aliphatic rings. The Balaban J connectivity index is 2.27. The fourth-order valence-electron chi connectivity index (χ4n) is 2.18. The summed E-state index contributed by atoms with van der Waals surface area (Å²) < 4.78 is 65.8. The van der Waals surface area contributed by atoms with Gasteiger partial charge in [0.25, 0.3) is 0 Å². The summed E-state index contributed by atoms with van der Waals surface area (Å²) in [6.07, 6.45) is -6.95. The smallest absolute Gasteiger partial charge is 0.406 e. The van der Waals surface area contributed by atoms with E-state index >= 15 is 0 Å². The monoisotopic (exact) mass is 341 g/mol. The van der Waals surface area contributed by atoms with Crippen molar-refractivity contribution in [1.82, 2.24) is 4.31 Å². The van der Waals surface area contributed by atoms with E-state index < -0.39 is 39.2 Å². The standard InChI is InChI=1S/C12H14F3NO5S/c13-12(14,15)21-10-2-1-3-11(5-10)22(19,20)16-6-8(17)4-9(18)7-16/h1-3,5,8-9,17-18H,4,6-7H2/t8-,9-/m1/s1. The van der Waals surface area contributed by atoms with E-state index in [1.165, 1.54) is 0 Å². The van der Waals surface area contributed by atoms with Crippen molar-refractivity contribution in [1.29, 1.82) is 0 Å². The van der Waals surface area contributed by atoms with E-state index in [-0.39, 0.29) is 19.5 Å². The van der Waals surface area contributed by atoms with Crippen molar-refractivity contribution in [2.75, 3.05) is 13.1 Å². The number of ether oxygens (including phenoxy) is 1. The van der Waals surface area contributed by atoms with Gasteiger partial charge in [-0.1, -0.05) is 6.07 Å². The Kier molecular flexibility index (Phi) is 4.66. The molecule has 2 atom stereocenters. The fourth-order valence-corrected chi connectivity index (χ4v) is 3.74. The van der Waals surface area contributed by atoms with Gasteiger partial charge in [-0.3, -0.25) is 0 Å². The number of piperidine rings is 1. The van der Waals surface area contributed by atoms with E-state index in [1.807, 2.05) is 0 Å². The number of sulfonamides is 1. The molecular formula is C12H14F3NO5S. The van der Waals surface area contributed by atoms with Gasteiger partial charge in [-0.25, -0.2) is 8.42 Å². The van der Waals surface area contributed by atoms with Crippen molar-refractivity contribution in [3.05, 3.63) is 24.3 Å². The topological polar surface area (TPSA) is 87.1 Å².